The predicted molar refractivity (Wildman–Crippen MR) is 80.1 cm³/mol. The van der Waals surface area contributed by atoms with Gasteiger partial charge < -0.3 is 14.9 Å². The SMILES string of the molecule is O=C(Cc1noc(CC2(O)CCCC2)n1)NC1CCCCC1. The monoisotopic (exact) mass is 307 g/mol. The molecule has 0 aromatic carbocycles. The average molecular weight is 307 g/mol. The molecule has 2 saturated carbocycles. The predicted octanol–water partition coefficient (Wildman–Crippen LogP) is 1.91. The van der Waals surface area contributed by atoms with Crippen LogP contribution in [0.5, 0.6) is 0 Å². The van der Waals surface area contributed by atoms with Gasteiger partial charge in [0.1, 0.15) is 0 Å². The van der Waals surface area contributed by atoms with Gasteiger partial charge in [-0.2, -0.15) is 4.98 Å². The van der Waals surface area contributed by atoms with Crippen molar-refractivity contribution in [3.63, 3.8) is 0 Å². The molecule has 0 aliphatic heterocycles. The maximum Gasteiger partial charge on any atom is 0.229 e. The Bertz CT molecular complexity index is 502. The number of aliphatic hydroxyl groups is 1. The molecule has 1 aromatic rings. The fourth-order valence-corrected chi connectivity index (χ4v) is 3.59. The van der Waals surface area contributed by atoms with E-state index in [0.717, 1.165) is 38.5 Å². The Kier molecular flexibility index (Phi) is 4.76. The fraction of sp³-hybridized carbons (Fsp3) is 0.812. The Hall–Kier alpha value is -1.43. The molecule has 0 atom stereocenters. The molecule has 6 nitrogen and oxygen atoms in total. The Morgan fingerprint density at radius 3 is 2.68 bits per heavy atom. The van der Waals surface area contributed by atoms with Crippen LogP contribution < -0.4 is 5.32 Å². The van der Waals surface area contributed by atoms with E-state index in [1.807, 2.05) is 0 Å². The van der Waals surface area contributed by atoms with Crippen LogP contribution in [0.2, 0.25) is 0 Å². The summed E-state index contributed by atoms with van der Waals surface area (Å²) in [5.74, 6) is 0.800. The Morgan fingerprint density at radius 2 is 1.95 bits per heavy atom. The molecular weight excluding hydrogens is 282 g/mol. The Morgan fingerprint density at radius 1 is 1.23 bits per heavy atom. The summed E-state index contributed by atoms with van der Waals surface area (Å²) in [6.07, 6.45) is 9.98. The third kappa shape index (κ3) is 4.06. The van der Waals surface area contributed by atoms with Crippen molar-refractivity contribution in [3.05, 3.63) is 11.7 Å². The van der Waals surface area contributed by atoms with Gasteiger partial charge in [-0.05, 0) is 25.7 Å². The Balaban J connectivity index is 1.49. The number of amides is 1. The van der Waals surface area contributed by atoms with Crippen LogP contribution in [0, 0.1) is 0 Å². The van der Waals surface area contributed by atoms with Crippen LogP contribution in [0.4, 0.5) is 0 Å². The van der Waals surface area contributed by atoms with Crippen LogP contribution >= 0.6 is 0 Å². The van der Waals surface area contributed by atoms with Gasteiger partial charge >= 0.3 is 0 Å². The van der Waals surface area contributed by atoms with Crippen LogP contribution in [0.3, 0.4) is 0 Å². The molecule has 2 N–H and O–H groups in total. The average Bonchev–Trinajstić information content (AvgIpc) is 3.10. The summed E-state index contributed by atoms with van der Waals surface area (Å²) < 4.78 is 5.18. The number of nitrogens with one attached hydrogen (secondary N) is 1. The maximum atomic E-state index is 12.0. The summed E-state index contributed by atoms with van der Waals surface area (Å²) in [6.45, 7) is 0. The van der Waals surface area contributed by atoms with E-state index in [1.54, 1.807) is 0 Å². The van der Waals surface area contributed by atoms with E-state index in [4.69, 9.17) is 4.52 Å². The van der Waals surface area contributed by atoms with Gasteiger partial charge in [0.05, 0.1) is 18.4 Å². The lowest BCUT2D eigenvalue weighted by atomic mass is 9.95. The van der Waals surface area contributed by atoms with Gasteiger partial charge in [-0.1, -0.05) is 37.3 Å². The zero-order valence-corrected chi connectivity index (χ0v) is 13.0. The zero-order chi connectivity index (χ0) is 15.4. The standard InChI is InChI=1S/C16H25N3O3/c20-14(17-12-6-2-1-3-7-12)10-13-18-15(22-19-13)11-16(21)8-4-5-9-16/h12,21H,1-11H2,(H,17,20). The normalized spacial score (nSPS) is 21.9. The van der Waals surface area contributed by atoms with Gasteiger partial charge in [0, 0.05) is 6.04 Å². The van der Waals surface area contributed by atoms with Crippen LogP contribution in [-0.4, -0.2) is 32.8 Å². The van der Waals surface area contributed by atoms with Gasteiger partial charge in [0.15, 0.2) is 5.82 Å². The lowest BCUT2D eigenvalue weighted by Gasteiger charge is -2.22. The molecule has 3 rings (SSSR count). The van der Waals surface area contributed by atoms with Gasteiger partial charge in [0.25, 0.3) is 0 Å². The second-order valence-electron chi connectivity index (χ2n) is 6.79. The molecule has 1 aromatic heterocycles. The largest absolute Gasteiger partial charge is 0.389 e. The van der Waals surface area contributed by atoms with Crippen molar-refractivity contribution in [2.45, 2.75) is 82.3 Å². The highest BCUT2D eigenvalue weighted by atomic mass is 16.5. The summed E-state index contributed by atoms with van der Waals surface area (Å²) in [5, 5.41) is 17.3. The molecule has 22 heavy (non-hydrogen) atoms. The van der Waals surface area contributed by atoms with Crippen LogP contribution in [0.15, 0.2) is 4.52 Å². The minimum Gasteiger partial charge on any atom is -0.389 e. The molecule has 1 amide bonds. The number of aromatic nitrogens is 2. The van der Waals surface area contributed by atoms with Gasteiger partial charge in [-0.3, -0.25) is 4.79 Å². The summed E-state index contributed by atoms with van der Waals surface area (Å²) in [7, 11) is 0. The van der Waals surface area contributed by atoms with E-state index in [1.165, 1.54) is 19.3 Å². The molecule has 1 heterocycles. The summed E-state index contributed by atoms with van der Waals surface area (Å²) in [4.78, 5) is 16.3. The number of hydrogen-bond donors (Lipinski definition) is 2. The molecule has 0 unspecified atom stereocenters. The number of carbonyl (C=O) groups is 1. The van der Waals surface area contributed by atoms with Crippen molar-refractivity contribution < 1.29 is 14.4 Å². The van der Waals surface area contributed by atoms with Crippen molar-refractivity contribution in [1.29, 1.82) is 0 Å². The van der Waals surface area contributed by atoms with E-state index in [9.17, 15) is 9.90 Å². The topological polar surface area (TPSA) is 88.2 Å². The fourth-order valence-electron chi connectivity index (χ4n) is 3.59. The zero-order valence-electron chi connectivity index (χ0n) is 13.0. The van der Waals surface area contributed by atoms with Gasteiger partial charge in [-0.15, -0.1) is 0 Å². The quantitative estimate of drug-likeness (QED) is 0.867. The lowest BCUT2D eigenvalue weighted by Crippen LogP contribution is -2.37. The first-order valence-corrected chi connectivity index (χ1v) is 8.46. The first-order chi connectivity index (χ1) is 10.6. The molecule has 2 fully saturated rings. The lowest BCUT2D eigenvalue weighted by molar-refractivity contribution is -0.121. The minimum atomic E-state index is -0.700. The number of nitrogens with zero attached hydrogens (tertiary/aromatic N) is 2. The molecule has 0 spiro atoms. The third-order valence-electron chi connectivity index (χ3n) is 4.81. The second kappa shape index (κ2) is 6.77. The maximum absolute atomic E-state index is 12.0. The van der Waals surface area contributed by atoms with Crippen molar-refractivity contribution in [1.82, 2.24) is 15.5 Å². The van der Waals surface area contributed by atoms with Crippen molar-refractivity contribution in [2.75, 3.05) is 0 Å². The highest BCUT2D eigenvalue weighted by molar-refractivity contribution is 5.78. The minimum absolute atomic E-state index is 0.0428. The molecular formula is C16H25N3O3. The van der Waals surface area contributed by atoms with E-state index >= 15 is 0 Å². The summed E-state index contributed by atoms with van der Waals surface area (Å²) in [6, 6.07) is 0.298. The summed E-state index contributed by atoms with van der Waals surface area (Å²) in [5.41, 5.74) is -0.700. The number of carbonyl (C=O) groups excluding carboxylic acids is 1. The smallest absolute Gasteiger partial charge is 0.229 e. The molecule has 122 valence electrons. The van der Waals surface area contributed by atoms with E-state index < -0.39 is 5.60 Å². The molecule has 6 heteroatoms. The molecule has 2 aliphatic rings. The van der Waals surface area contributed by atoms with Crippen molar-refractivity contribution >= 4 is 5.91 Å². The van der Waals surface area contributed by atoms with Gasteiger partial charge in [0.2, 0.25) is 11.8 Å². The van der Waals surface area contributed by atoms with Crippen molar-refractivity contribution in [2.24, 2.45) is 0 Å². The van der Waals surface area contributed by atoms with Gasteiger partial charge in [-0.25, -0.2) is 0 Å². The van der Waals surface area contributed by atoms with Crippen LogP contribution in [0.25, 0.3) is 0 Å². The molecule has 0 saturated heterocycles. The highest BCUT2D eigenvalue weighted by Crippen LogP contribution is 2.32. The third-order valence-corrected chi connectivity index (χ3v) is 4.81. The molecule has 0 bridgehead atoms. The first-order valence-electron chi connectivity index (χ1n) is 8.46. The second-order valence-corrected chi connectivity index (χ2v) is 6.79. The molecule has 2 aliphatic carbocycles. The van der Waals surface area contributed by atoms with Crippen LogP contribution in [0.1, 0.15) is 69.5 Å². The van der Waals surface area contributed by atoms with E-state index in [-0.39, 0.29) is 12.3 Å². The van der Waals surface area contributed by atoms with Crippen LogP contribution in [-0.2, 0) is 17.6 Å². The first kappa shape index (κ1) is 15.5. The number of rotatable bonds is 5. The van der Waals surface area contributed by atoms with E-state index in [2.05, 4.69) is 15.5 Å². The van der Waals surface area contributed by atoms with E-state index in [0.29, 0.717) is 24.2 Å². The molecule has 0 radical (unpaired) electrons. The highest BCUT2D eigenvalue weighted by Gasteiger charge is 2.33. The Labute approximate surface area is 130 Å². The summed E-state index contributed by atoms with van der Waals surface area (Å²) >= 11 is 0. The number of hydrogen-bond acceptors (Lipinski definition) is 5. The van der Waals surface area contributed by atoms with Crippen molar-refractivity contribution in [3.8, 4) is 0 Å².